The van der Waals surface area contributed by atoms with Gasteiger partial charge in [-0.15, -0.1) is 0 Å². The SMILES string of the molecule is N[C@@H](c1ccccc1)[C@@H](NC(=S)Nc1ccccc1)c1ccccc1. The van der Waals surface area contributed by atoms with Crippen LogP contribution in [0.1, 0.15) is 23.2 Å². The minimum atomic E-state index is -0.223. The van der Waals surface area contributed by atoms with E-state index in [0.717, 1.165) is 16.8 Å². The van der Waals surface area contributed by atoms with Crippen molar-refractivity contribution in [2.45, 2.75) is 12.1 Å². The van der Waals surface area contributed by atoms with E-state index in [4.69, 9.17) is 18.0 Å². The summed E-state index contributed by atoms with van der Waals surface area (Å²) in [5.41, 5.74) is 9.66. The minimum Gasteiger partial charge on any atom is -0.354 e. The Balaban J connectivity index is 1.80. The second-order valence-corrected chi connectivity index (χ2v) is 6.20. The molecule has 0 aliphatic carbocycles. The van der Waals surface area contributed by atoms with Gasteiger partial charge in [-0.3, -0.25) is 0 Å². The van der Waals surface area contributed by atoms with Gasteiger partial charge in [-0.1, -0.05) is 78.9 Å². The van der Waals surface area contributed by atoms with E-state index in [0.29, 0.717) is 5.11 Å². The molecule has 126 valence electrons. The number of nitrogens with two attached hydrogens (primary N) is 1. The van der Waals surface area contributed by atoms with Crippen molar-refractivity contribution in [2.24, 2.45) is 5.73 Å². The predicted molar refractivity (Wildman–Crippen MR) is 108 cm³/mol. The van der Waals surface area contributed by atoms with Crippen molar-refractivity contribution in [1.29, 1.82) is 0 Å². The van der Waals surface area contributed by atoms with Gasteiger partial charge in [0.25, 0.3) is 0 Å². The Kier molecular flexibility index (Phi) is 5.77. The first-order valence-corrected chi connectivity index (χ1v) is 8.63. The standard InChI is InChI=1S/C21H21N3S/c22-19(16-10-4-1-5-11-16)20(17-12-6-2-7-13-17)24-21(25)23-18-14-8-3-9-15-18/h1-15,19-20H,22H2,(H2,23,24,25)/t19-,20-/m0/s1. The molecule has 0 saturated heterocycles. The minimum absolute atomic E-state index is 0.132. The van der Waals surface area contributed by atoms with Crippen molar-refractivity contribution >= 4 is 23.0 Å². The first-order chi connectivity index (χ1) is 12.2. The summed E-state index contributed by atoms with van der Waals surface area (Å²) in [4.78, 5) is 0. The van der Waals surface area contributed by atoms with E-state index < -0.39 is 0 Å². The lowest BCUT2D eigenvalue weighted by Crippen LogP contribution is -2.38. The number of hydrogen-bond acceptors (Lipinski definition) is 2. The molecule has 0 radical (unpaired) electrons. The van der Waals surface area contributed by atoms with Gasteiger partial charge in [-0.2, -0.15) is 0 Å². The predicted octanol–water partition coefficient (Wildman–Crippen LogP) is 4.41. The van der Waals surface area contributed by atoms with E-state index in [1.54, 1.807) is 0 Å². The average Bonchev–Trinajstić information content (AvgIpc) is 2.68. The van der Waals surface area contributed by atoms with Gasteiger partial charge in [0, 0.05) is 5.69 Å². The lowest BCUT2D eigenvalue weighted by atomic mass is 9.94. The monoisotopic (exact) mass is 347 g/mol. The molecule has 0 aliphatic rings. The number of thiocarbonyl (C=S) groups is 1. The molecule has 0 aliphatic heterocycles. The fraction of sp³-hybridized carbons (Fsp3) is 0.0952. The normalized spacial score (nSPS) is 12.8. The maximum Gasteiger partial charge on any atom is 0.171 e. The topological polar surface area (TPSA) is 50.1 Å². The lowest BCUT2D eigenvalue weighted by Gasteiger charge is -2.27. The molecule has 3 rings (SSSR count). The molecule has 0 fully saturated rings. The Bertz CT molecular complexity index is 791. The van der Waals surface area contributed by atoms with Crippen molar-refractivity contribution in [3.05, 3.63) is 102 Å². The molecule has 4 N–H and O–H groups in total. The molecule has 0 bridgehead atoms. The number of hydrogen-bond donors (Lipinski definition) is 3. The number of nitrogens with one attached hydrogen (secondary N) is 2. The van der Waals surface area contributed by atoms with Crippen molar-refractivity contribution in [1.82, 2.24) is 5.32 Å². The molecule has 4 heteroatoms. The summed E-state index contributed by atoms with van der Waals surface area (Å²) in [7, 11) is 0. The fourth-order valence-electron chi connectivity index (χ4n) is 2.74. The van der Waals surface area contributed by atoms with Crippen molar-refractivity contribution < 1.29 is 0 Å². The Morgan fingerprint density at radius 2 is 1.20 bits per heavy atom. The van der Waals surface area contributed by atoms with Gasteiger partial charge in [-0.05, 0) is 35.5 Å². The van der Waals surface area contributed by atoms with Crippen LogP contribution < -0.4 is 16.4 Å². The highest BCUT2D eigenvalue weighted by Gasteiger charge is 2.22. The second kappa shape index (κ2) is 8.42. The fourth-order valence-corrected chi connectivity index (χ4v) is 2.98. The summed E-state index contributed by atoms with van der Waals surface area (Å²) < 4.78 is 0. The number of anilines is 1. The average molecular weight is 347 g/mol. The van der Waals surface area contributed by atoms with E-state index in [2.05, 4.69) is 22.8 Å². The summed E-state index contributed by atoms with van der Waals surface area (Å²) in [6.45, 7) is 0. The van der Waals surface area contributed by atoms with E-state index in [-0.39, 0.29) is 12.1 Å². The highest BCUT2D eigenvalue weighted by atomic mass is 32.1. The van der Waals surface area contributed by atoms with Crippen molar-refractivity contribution in [3.8, 4) is 0 Å². The summed E-state index contributed by atoms with van der Waals surface area (Å²) in [6.07, 6.45) is 0. The van der Waals surface area contributed by atoms with E-state index in [9.17, 15) is 0 Å². The molecule has 3 aromatic carbocycles. The first-order valence-electron chi connectivity index (χ1n) is 8.22. The maximum absolute atomic E-state index is 6.56. The molecule has 0 saturated carbocycles. The third-order valence-electron chi connectivity index (χ3n) is 4.02. The smallest absolute Gasteiger partial charge is 0.171 e. The zero-order valence-electron chi connectivity index (χ0n) is 13.8. The molecule has 0 unspecified atom stereocenters. The van der Waals surface area contributed by atoms with Crippen LogP contribution in [0.2, 0.25) is 0 Å². The largest absolute Gasteiger partial charge is 0.354 e. The molecular formula is C21H21N3S. The second-order valence-electron chi connectivity index (χ2n) is 5.79. The van der Waals surface area contributed by atoms with Crippen LogP contribution in [0.4, 0.5) is 5.69 Å². The molecule has 25 heavy (non-hydrogen) atoms. The van der Waals surface area contributed by atoms with Crippen molar-refractivity contribution in [3.63, 3.8) is 0 Å². The first kappa shape index (κ1) is 17.1. The molecule has 0 spiro atoms. The quantitative estimate of drug-likeness (QED) is 0.598. The summed E-state index contributed by atoms with van der Waals surface area (Å²) in [5, 5.41) is 7.14. The van der Waals surface area contributed by atoms with Gasteiger partial charge >= 0.3 is 0 Å². The van der Waals surface area contributed by atoms with Crippen LogP contribution in [0.3, 0.4) is 0 Å². The molecule has 0 heterocycles. The van der Waals surface area contributed by atoms with E-state index in [1.807, 2.05) is 78.9 Å². The molecule has 3 aromatic rings. The van der Waals surface area contributed by atoms with Crippen molar-refractivity contribution in [2.75, 3.05) is 5.32 Å². The Hall–Kier alpha value is -2.69. The van der Waals surface area contributed by atoms with Gasteiger partial charge in [0.05, 0.1) is 12.1 Å². The highest BCUT2D eigenvalue weighted by Crippen LogP contribution is 2.26. The zero-order chi connectivity index (χ0) is 17.5. The molecule has 3 nitrogen and oxygen atoms in total. The van der Waals surface area contributed by atoms with Crippen LogP contribution in [-0.2, 0) is 0 Å². The van der Waals surface area contributed by atoms with E-state index in [1.165, 1.54) is 0 Å². The van der Waals surface area contributed by atoms with Gasteiger partial charge < -0.3 is 16.4 Å². The molecular weight excluding hydrogens is 326 g/mol. The van der Waals surface area contributed by atoms with Crippen LogP contribution in [0.5, 0.6) is 0 Å². The van der Waals surface area contributed by atoms with Gasteiger partial charge in [0.2, 0.25) is 0 Å². The zero-order valence-corrected chi connectivity index (χ0v) is 14.6. The number of rotatable bonds is 5. The number of para-hydroxylation sites is 1. The summed E-state index contributed by atoms with van der Waals surface area (Å²) in [6, 6.07) is 29.7. The summed E-state index contributed by atoms with van der Waals surface area (Å²) >= 11 is 5.50. The lowest BCUT2D eigenvalue weighted by molar-refractivity contribution is 0.527. The Morgan fingerprint density at radius 1 is 0.720 bits per heavy atom. The Morgan fingerprint density at radius 3 is 1.76 bits per heavy atom. The number of benzene rings is 3. The third-order valence-corrected chi connectivity index (χ3v) is 4.24. The Labute approximate surface area is 153 Å². The van der Waals surface area contributed by atoms with E-state index >= 15 is 0 Å². The van der Waals surface area contributed by atoms with Crippen LogP contribution in [0, 0.1) is 0 Å². The van der Waals surface area contributed by atoms with Crippen LogP contribution >= 0.6 is 12.2 Å². The van der Waals surface area contributed by atoms with Gasteiger partial charge in [0.15, 0.2) is 5.11 Å². The molecule has 2 atom stereocenters. The van der Waals surface area contributed by atoms with Crippen LogP contribution in [-0.4, -0.2) is 5.11 Å². The van der Waals surface area contributed by atoms with Crippen LogP contribution in [0.15, 0.2) is 91.0 Å². The third kappa shape index (κ3) is 4.66. The molecule has 0 amide bonds. The summed E-state index contributed by atoms with van der Waals surface area (Å²) in [5.74, 6) is 0. The molecule has 0 aromatic heterocycles. The maximum atomic E-state index is 6.56. The van der Waals surface area contributed by atoms with Crippen LogP contribution in [0.25, 0.3) is 0 Å². The van der Waals surface area contributed by atoms with Gasteiger partial charge in [-0.25, -0.2) is 0 Å². The van der Waals surface area contributed by atoms with Gasteiger partial charge in [0.1, 0.15) is 0 Å². The highest BCUT2D eigenvalue weighted by molar-refractivity contribution is 7.80.